The Hall–Kier alpha value is -2.28. The Kier molecular flexibility index (Phi) is 6.73. The van der Waals surface area contributed by atoms with Crippen LogP contribution in [0.2, 0.25) is 0 Å². The first-order chi connectivity index (χ1) is 16.7. The lowest BCUT2D eigenvalue weighted by Crippen LogP contribution is -2.44. The van der Waals surface area contributed by atoms with Crippen molar-refractivity contribution >= 4 is 16.7 Å². The van der Waals surface area contributed by atoms with E-state index in [9.17, 15) is 23.1 Å². The number of alkyl halides is 3. The average molecular weight is 490 g/mol. The largest absolute Gasteiger partial charge is 0.490 e. The van der Waals surface area contributed by atoms with Gasteiger partial charge in [-0.15, -0.1) is 0 Å². The molecule has 1 saturated carbocycles. The summed E-state index contributed by atoms with van der Waals surface area (Å²) in [6.07, 6.45) is 3.32. The molecule has 2 unspecified atom stereocenters. The van der Waals surface area contributed by atoms with Gasteiger partial charge in [-0.2, -0.15) is 13.2 Å². The maximum atomic E-state index is 14.2. The summed E-state index contributed by atoms with van der Waals surface area (Å²) in [5.41, 5.74) is 0.282. The quantitative estimate of drug-likeness (QED) is 0.473. The lowest BCUT2D eigenvalue weighted by Gasteiger charge is -2.37. The van der Waals surface area contributed by atoms with Crippen LogP contribution in [0.15, 0.2) is 30.3 Å². The molecule has 2 aromatic carbocycles. The van der Waals surface area contributed by atoms with Gasteiger partial charge in [0.05, 0.1) is 12.0 Å². The van der Waals surface area contributed by atoms with Crippen molar-refractivity contribution in [1.29, 1.82) is 0 Å². The third kappa shape index (κ3) is 5.02. The van der Waals surface area contributed by atoms with Gasteiger partial charge in [0.1, 0.15) is 11.3 Å². The lowest BCUT2D eigenvalue weighted by atomic mass is 9.86. The number of benzene rings is 2. The Labute approximate surface area is 204 Å². The molecule has 0 aromatic heterocycles. The lowest BCUT2D eigenvalue weighted by molar-refractivity contribution is -0.144. The van der Waals surface area contributed by atoms with E-state index in [-0.39, 0.29) is 35.2 Å². The number of rotatable bonds is 6. The van der Waals surface area contributed by atoms with Gasteiger partial charge in [-0.3, -0.25) is 9.69 Å². The summed E-state index contributed by atoms with van der Waals surface area (Å²) in [4.78, 5) is 13.8. The van der Waals surface area contributed by atoms with Gasteiger partial charge in [-0.25, -0.2) is 0 Å². The van der Waals surface area contributed by atoms with E-state index in [4.69, 9.17) is 4.74 Å². The van der Waals surface area contributed by atoms with E-state index in [0.717, 1.165) is 50.5 Å². The molecule has 4 nitrogen and oxygen atoms in total. The van der Waals surface area contributed by atoms with E-state index >= 15 is 0 Å². The van der Waals surface area contributed by atoms with Gasteiger partial charge in [-0.1, -0.05) is 31.5 Å². The minimum atomic E-state index is -4.51. The number of nitrogens with zero attached hydrogens (tertiary/aromatic N) is 1. The number of hydrogen-bond acceptors (Lipinski definition) is 3. The van der Waals surface area contributed by atoms with E-state index in [1.165, 1.54) is 6.07 Å². The van der Waals surface area contributed by atoms with Crippen molar-refractivity contribution in [2.75, 3.05) is 0 Å². The summed E-state index contributed by atoms with van der Waals surface area (Å²) >= 11 is 0. The summed E-state index contributed by atoms with van der Waals surface area (Å²) in [7, 11) is 0. The molecule has 2 bridgehead atoms. The smallest absolute Gasteiger partial charge is 0.420 e. The van der Waals surface area contributed by atoms with Gasteiger partial charge in [0, 0.05) is 18.6 Å². The van der Waals surface area contributed by atoms with Crippen LogP contribution >= 0.6 is 0 Å². The maximum absolute atomic E-state index is 14.2. The second kappa shape index (κ2) is 9.64. The zero-order chi connectivity index (χ0) is 24.7. The highest BCUT2D eigenvalue weighted by atomic mass is 19.4. The number of piperidine rings is 1. The number of carbonyl (C=O) groups is 1. The molecular weight excluding hydrogens is 455 g/mol. The van der Waals surface area contributed by atoms with Crippen LogP contribution in [0.3, 0.4) is 0 Å². The van der Waals surface area contributed by atoms with Crippen LogP contribution in [0, 0.1) is 11.8 Å². The van der Waals surface area contributed by atoms with Crippen molar-refractivity contribution in [2.45, 2.75) is 95.6 Å². The molecule has 1 N–H and O–H groups in total. The minimum Gasteiger partial charge on any atom is -0.490 e. The second-order valence-corrected chi connectivity index (χ2v) is 10.7. The van der Waals surface area contributed by atoms with E-state index < -0.39 is 17.7 Å². The molecule has 1 aliphatic carbocycles. The first-order valence-corrected chi connectivity index (χ1v) is 13.0. The summed E-state index contributed by atoms with van der Waals surface area (Å²) in [5.74, 6) is -0.419. The number of ether oxygens (including phenoxy) is 1. The Morgan fingerprint density at radius 1 is 1.03 bits per heavy atom. The molecule has 2 heterocycles. The fourth-order valence-corrected chi connectivity index (χ4v) is 6.63. The van der Waals surface area contributed by atoms with E-state index in [1.807, 2.05) is 6.07 Å². The third-order valence-electron chi connectivity index (χ3n) is 8.59. The summed E-state index contributed by atoms with van der Waals surface area (Å²) in [6.45, 7) is 2.80. The van der Waals surface area contributed by atoms with Crippen LogP contribution in [0.25, 0.3) is 10.8 Å². The number of carboxylic acids is 1. The summed E-state index contributed by atoms with van der Waals surface area (Å²) < 4.78 is 48.6. The topological polar surface area (TPSA) is 49.8 Å². The third-order valence-corrected chi connectivity index (χ3v) is 8.59. The molecule has 0 radical (unpaired) electrons. The van der Waals surface area contributed by atoms with Crippen molar-refractivity contribution < 1.29 is 27.8 Å². The fourth-order valence-electron chi connectivity index (χ4n) is 6.63. The molecular formula is C28H34F3NO3. The zero-order valence-electron chi connectivity index (χ0n) is 20.2. The van der Waals surface area contributed by atoms with Crippen molar-refractivity contribution in [3.63, 3.8) is 0 Å². The van der Waals surface area contributed by atoms with Gasteiger partial charge < -0.3 is 9.84 Å². The summed E-state index contributed by atoms with van der Waals surface area (Å²) in [5, 5.41) is 10.2. The SMILES string of the molecule is CCC1CCC(Oc2ccc3cc(CN4C5CCC4CC(C(=O)O)C5)ccc3c2C(F)(F)F)CC1. The molecule has 0 amide bonds. The summed E-state index contributed by atoms with van der Waals surface area (Å²) in [6, 6.07) is 8.92. The number of fused-ring (bicyclic) bond motifs is 3. The van der Waals surface area contributed by atoms with Crippen molar-refractivity contribution in [3.05, 3.63) is 41.5 Å². The predicted octanol–water partition coefficient (Wildman–Crippen LogP) is 7.03. The molecule has 3 fully saturated rings. The minimum absolute atomic E-state index is 0.0634. The Morgan fingerprint density at radius 2 is 1.71 bits per heavy atom. The fraction of sp³-hybridized carbons (Fsp3) is 0.607. The van der Waals surface area contributed by atoms with Crippen LogP contribution in [0.1, 0.15) is 75.8 Å². The van der Waals surface area contributed by atoms with Crippen LogP contribution in [0.4, 0.5) is 13.2 Å². The molecule has 190 valence electrons. The first kappa shape index (κ1) is 24.4. The molecule has 5 rings (SSSR count). The van der Waals surface area contributed by atoms with E-state index in [2.05, 4.69) is 11.8 Å². The van der Waals surface area contributed by atoms with Crippen molar-refractivity contribution in [2.24, 2.45) is 11.8 Å². The highest BCUT2D eigenvalue weighted by Crippen LogP contribution is 2.44. The number of aliphatic carboxylic acids is 1. The highest BCUT2D eigenvalue weighted by molar-refractivity contribution is 5.89. The Balaban J connectivity index is 1.37. The molecule has 7 heteroatoms. The van der Waals surface area contributed by atoms with Gasteiger partial charge in [0.25, 0.3) is 0 Å². The average Bonchev–Trinajstić information content (AvgIpc) is 3.04. The normalized spacial score (nSPS) is 29.4. The van der Waals surface area contributed by atoms with Crippen LogP contribution in [0.5, 0.6) is 5.75 Å². The molecule has 0 spiro atoms. The zero-order valence-corrected chi connectivity index (χ0v) is 20.2. The number of hydrogen-bond donors (Lipinski definition) is 1. The van der Waals surface area contributed by atoms with E-state index in [1.54, 1.807) is 18.2 Å². The number of carboxylic acid groups (broad SMARTS) is 1. The molecule has 3 aliphatic rings. The van der Waals surface area contributed by atoms with Crippen LogP contribution < -0.4 is 4.74 Å². The highest BCUT2D eigenvalue weighted by Gasteiger charge is 2.43. The second-order valence-electron chi connectivity index (χ2n) is 10.7. The number of halogens is 3. The van der Waals surface area contributed by atoms with Crippen LogP contribution in [-0.4, -0.2) is 34.2 Å². The molecule has 2 aliphatic heterocycles. The van der Waals surface area contributed by atoms with Gasteiger partial charge in [-0.05, 0) is 85.8 Å². The standard InChI is InChI=1S/C28H34F3NO3/c1-2-17-3-9-23(10-4-17)35-25-12-6-19-13-18(5-11-24(19)26(25)28(29,30)31)16-32-21-7-8-22(32)15-20(14-21)27(33)34/h5-6,11-13,17,20-23H,2-4,7-10,14-16H2,1H3,(H,33,34). The van der Waals surface area contributed by atoms with Gasteiger partial charge in [0.2, 0.25) is 0 Å². The van der Waals surface area contributed by atoms with E-state index in [0.29, 0.717) is 30.7 Å². The molecule has 2 saturated heterocycles. The molecule has 35 heavy (non-hydrogen) atoms. The van der Waals surface area contributed by atoms with Gasteiger partial charge >= 0.3 is 12.1 Å². The predicted molar refractivity (Wildman–Crippen MR) is 128 cm³/mol. The Bertz CT molecular complexity index is 1060. The first-order valence-electron chi connectivity index (χ1n) is 13.0. The molecule has 2 aromatic rings. The van der Waals surface area contributed by atoms with Crippen molar-refractivity contribution in [1.82, 2.24) is 4.90 Å². The maximum Gasteiger partial charge on any atom is 0.420 e. The van der Waals surface area contributed by atoms with Crippen molar-refractivity contribution in [3.8, 4) is 5.75 Å². The monoisotopic (exact) mass is 489 g/mol. The van der Waals surface area contributed by atoms with Gasteiger partial charge in [0.15, 0.2) is 0 Å². The Morgan fingerprint density at radius 3 is 2.31 bits per heavy atom. The molecule has 2 atom stereocenters. The van der Waals surface area contributed by atoms with Crippen LogP contribution in [-0.2, 0) is 17.5 Å².